The predicted molar refractivity (Wildman–Crippen MR) is 158 cm³/mol. The first-order valence-electron chi connectivity index (χ1n) is 15.1. The molecule has 1 atom stereocenters. The highest BCUT2D eigenvalue weighted by molar-refractivity contribution is 6.74. The Morgan fingerprint density at radius 1 is 0.811 bits per heavy atom. The fourth-order valence-corrected chi connectivity index (χ4v) is 6.37. The molecule has 0 aromatic heterocycles. The van der Waals surface area contributed by atoms with Crippen molar-refractivity contribution in [2.45, 2.75) is 149 Å². The van der Waals surface area contributed by atoms with Crippen LogP contribution in [0.3, 0.4) is 0 Å². The minimum Gasteiger partial charge on any atom is -0.543 e. The molecule has 4 nitrogen and oxygen atoms in total. The van der Waals surface area contributed by atoms with Crippen LogP contribution in [-0.4, -0.2) is 20.5 Å². The van der Waals surface area contributed by atoms with Crippen molar-refractivity contribution in [3.05, 3.63) is 29.8 Å². The van der Waals surface area contributed by atoms with E-state index in [0.29, 0.717) is 6.61 Å². The molecule has 1 heterocycles. The standard InChI is InChI=1S/C32H58O4Si/c1-11-12-13-14-15-16-17-18-19-20-24-33-32(31(26(2)3,27(4)5)35-36-32)28-22-21-23-29(25-28)34-37(9,10)30(6,7)8/h21-23,25-27H,11-20,24H2,1-10H3. The molecule has 2 rings (SSSR count). The molecule has 1 aromatic carbocycles. The van der Waals surface area contributed by atoms with Crippen molar-refractivity contribution in [1.82, 2.24) is 0 Å². The van der Waals surface area contributed by atoms with Crippen LogP contribution in [0.2, 0.25) is 18.1 Å². The third kappa shape index (κ3) is 7.61. The number of rotatable bonds is 17. The van der Waals surface area contributed by atoms with Gasteiger partial charge in [0.25, 0.3) is 5.79 Å². The van der Waals surface area contributed by atoms with Gasteiger partial charge in [-0.2, -0.15) is 4.89 Å². The summed E-state index contributed by atoms with van der Waals surface area (Å²) in [5.41, 5.74) is 0.436. The van der Waals surface area contributed by atoms with Gasteiger partial charge in [-0.15, -0.1) is 0 Å². The molecule has 37 heavy (non-hydrogen) atoms. The molecule has 5 heteroatoms. The maximum atomic E-state index is 6.72. The van der Waals surface area contributed by atoms with Gasteiger partial charge in [0.1, 0.15) is 5.75 Å². The summed E-state index contributed by atoms with van der Waals surface area (Å²) < 4.78 is 13.4. The summed E-state index contributed by atoms with van der Waals surface area (Å²) in [6.45, 7) is 23.1. The molecule has 0 aliphatic carbocycles. The summed E-state index contributed by atoms with van der Waals surface area (Å²) in [6.07, 6.45) is 13.0. The van der Waals surface area contributed by atoms with Crippen molar-refractivity contribution in [3.63, 3.8) is 0 Å². The van der Waals surface area contributed by atoms with Crippen LogP contribution in [0.15, 0.2) is 24.3 Å². The Balaban J connectivity index is 2.10. The van der Waals surface area contributed by atoms with Crippen molar-refractivity contribution in [2.24, 2.45) is 11.8 Å². The molecule has 1 saturated heterocycles. The summed E-state index contributed by atoms with van der Waals surface area (Å²) >= 11 is 0. The summed E-state index contributed by atoms with van der Waals surface area (Å²) in [7, 11) is -1.97. The molecule has 0 bridgehead atoms. The van der Waals surface area contributed by atoms with Crippen LogP contribution in [0.5, 0.6) is 5.75 Å². The molecule has 1 aromatic rings. The third-order valence-corrected chi connectivity index (χ3v) is 13.1. The van der Waals surface area contributed by atoms with E-state index >= 15 is 0 Å². The van der Waals surface area contributed by atoms with Gasteiger partial charge < -0.3 is 9.16 Å². The average molecular weight is 535 g/mol. The minimum absolute atomic E-state index is 0.127. The highest BCUT2D eigenvalue weighted by Crippen LogP contribution is 2.57. The van der Waals surface area contributed by atoms with Crippen LogP contribution < -0.4 is 4.43 Å². The van der Waals surface area contributed by atoms with E-state index in [1.807, 2.05) is 0 Å². The highest BCUT2D eigenvalue weighted by Gasteiger charge is 2.69. The molecule has 0 saturated carbocycles. The first-order valence-corrected chi connectivity index (χ1v) is 18.0. The van der Waals surface area contributed by atoms with Gasteiger partial charge in [-0.1, -0.05) is 125 Å². The van der Waals surface area contributed by atoms with Crippen LogP contribution >= 0.6 is 0 Å². The second-order valence-electron chi connectivity index (χ2n) is 13.3. The second kappa shape index (κ2) is 14.0. The lowest BCUT2D eigenvalue weighted by atomic mass is 9.70. The topological polar surface area (TPSA) is 36.9 Å². The maximum absolute atomic E-state index is 6.72. The Morgan fingerprint density at radius 2 is 1.35 bits per heavy atom. The number of hydrogen-bond acceptors (Lipinski definition) is 4. The Labute approximate surface area is 230 Å². The van der Waals surface area contributed by atoms with Crippen LogP contribution in [0.1, 0.15) is 125 Å². The van der Waals surface area contributed by atoms with E-state index in [1.54, 1.807) is 0 Å². The van der Waals surface area contributed by atoms with Crippen LogP contribution in [0.4, 0.5) is 0 Å². The van der Waals surface area contributed by atoms with E-state index in [9.17, 15) is 0 Å². The van der Waals surface area contributed by atoms with Gasteiger partial charge in [0.15, 0.2) is 5.60 Å². The SMILES string of the molecule is CCCCCCCCCCCCOC1(c2cccc(O[Si](C)(C)C(C)(C)C)c2)OOC1(C(C)C)C(C)C. The van der Waals surface area contributed by atoms with E-state index in [0.717, 1.165) is 17.7 Å². The highest BCUT2D eigenvalue weighted by atomic mass is 28.4. The van der Waals surface area contributed by atoms with Crippen LogP contribution in [0.25, 0.3) is 0 Å². The lowest BCUT2D eigenvalue weighted by Crippen LogP contribution is -2.71. The van der Waals surface area contributed by atoms with Crippen LogP contribution in [-0.2, 0) is 20.3 Å². The molecule has 0 radical (unpaired) electrons. The average Bonchev–Trinajstić information content (AvgIpc) is 2.78. The molecule has 0 N–H and O–H groups in total. The molecule has 0 amide bonds. The quantitative estimate of drug-likeness (QED) is 0.113. The first-order chi connectivity index (χ1) is 17.3. The Kier molecular flexibility index (Phi) is 12.2. The van der Waals surface area contributed by atoms with Crippen molar-refractivity contribution in [2.75, 3.05) is 6.61 Å². The number of benzene rings is 1. The summed E-state index contributed by atoms with van der Waals surface area (Å²) in [5.74, 6) is 0.405. The van der Waals surface area contributed by atoms with Gasteiger partial charge in [0, 0.05) is 5.56 Å². The van der Waals surface area contributed by atoms with Crippen molar-refractivity contribution in [1.29, 1.82) is 0 Å². The van der Waals surface area contributed by atoms with Gasteiger partial charge in [-0.05, 0) is 48.5 Å². The molecule has 1 aliphatic rings. The Morgan fingerprint density at radius 3 is 1.81 bits per heavy atom. The van der Waals surface area contributed by atoms with Gasteiger partial charge in [-0.3, -0.25) is 0 Å². The molecular formula is C32H58O4Si. The monoisotopic (exact) mass is 534 g/mol. The Bertz CT molecular complexity index is 790. The lowest BCUT2D eigenvalue weighted by molar-refractivity contribution is -0.637. The van der Waals surface area contributed by atoms with E-state index in [-0.39, 0.29) is 16.9 Å². The van der Waals surface area contributed by atoms with Crippen molar-refractivity contribution in [3.8, 4) is 5.75 Å². The smallest absolute Gasteiger partial charge is 0.260 e. The van der Waals surface area contributed by atoms with Crippen molar-refractivity contribution >= 4 is 8.32 Å². The van der Waals surface area contributed by atoms with Gasteiger partial charge in [-0.25, -0.2) is 4.89 Å². The third-order valence-electron chi connectivity index (χ3n) is 8.72. The summed E-state index contributed by atoms with van der Waals surface area (Å²) in [4.78, 5) is 12.0. The molecule has 214 valence electrons. The normalized spacial score (nSPS) is 19.9. The fraction of sp³-hybridized carbons (Fsp3) is 0.812. The molecule has 1 aliphatic heterocycles. The zero-order chi connectivity index (χ0) is 27.7. The van der Waals surface area contributed by atoms with E-state index in [4.69, 9.17) is 18.9 Å². The zero-order valence-corrected chi connectivity index (χ0v) is 26.9. The summed E-state index contributed by atoms with van der Waals surface area (Å²) in [6, 6.07) is 8.36. The molecule has 1 fully saturated rings. The molecular weight excluding hydrogens is 476 g/mol. The van der Waals surface area contributed by atoms with Crippen molar-refractivity contribution < 1.29 is 18.9 Å². The first kappa shape index (κ1) is 32.3. The number of ether oxygens (including phenoxy) is 1. The van der Waals surface area contributed by atoms with Gasteiger partial charge >= 0.3 is 0 Å². The molecule has 1 unspecified atom stereocenters. The van der Waals surface area contributed by atoms with E-state index in [2.05, 4.69) is 92.7 Å². The minimum atomic E-state index is -1.97. The Hall–Kier alpha value is -0.883. The number of unbranched alkanes of at least 4 members (excludes halogenated alkanes) is 9. The predicted octanol–water partition coefficient (Wildman–Crippen LogP) is 10.2. The van der Waals surface area contributed by atoms with Crippen LogP contribution in [0, 0.1) is 11.8 Å². The maximum Gasteiger partial charge on any atom is 0.260 e. The summed E-state index contributed by atoms with van der Waals surface area (Å²) in [5, 5.41) is 0.127. The molecule has 0 spiro atoms. The van der Waals surface area contributed by atoms with Gasteiger partial charge in [0.05, 0.1) is 6.61 Å². The largest absolute Gasteiger partial charge is 0.543 e. The number of hydrogen-bond donors (Lipinski definition) is 0. The second-order valence-corrected chi connectivity index (χ2v) is 18.0. The van der Waals surface area contributed by atoms with E-state index in [1.165, 1.54) is 57.8 Å². The fourth-order valence-electron chi connectivity index (χ4n) is 5.34. The van der Waals surface area contributed by atoms with E-state index < -0.39 is 19.7 Å². The van der Waals surface area contributed by atoms with Gasteiger partial charge in [0.2, 0.25) is 8.32 Å². The lowest BCUT2D eigenvalue weighted by Gasteiger charge is -2.59. The zero-order valence-electron chi connectivity index (χ0n) is 25.9.